The van der Waals surface area contributed by atoms with Crippen LogP contribution in [-0.2, 0) is 13.0 Å². The monoisotopic (exact) mass is 270 g/mol. The number of aromatic nitrogens is 2. The van der Waals surface area contributed by atoms with E-state index >= 15 is 0 Å². The molecule has 2 N–H and O–H groups in total. The molecule has 1 aliphatic heterocycles. The van der Waals surface area contributed by atoms with E-state index in [9.17, 15) is 0 Å². The highest BCUT2D eigenvalue weighted by molar-refractivity contribution is 5.66. The van der Waals surface area contributed by atoms with Gasteiger partial charge in [0, 0.05) is 23.8 Å². The number of nitrogens with zero attached hydrogens (tertiary/aromatic N) is 3. The van der Waals surface area contributed by atoms with Gasteiger partial charge in [0.05, 0.1) is 6.54 Å². The zero-order valence-electron chi connectivity index (χ0n) is 11.4. The minimum atomic E-state index is 0.539. The Kier molecular flexibility index (Phi) is 2.65. The van der Waals surface area contributed by atoms with Crippen molar-refractivity contribution in [3.63, 3.8) is 0 Å². The van der Waals surface area contributed by atoms with Crippen LogP contribution in [0.4, 0.5) is 11.4 Å². The summed E-state index contributed by atoms with van der Waals surface area (Å²) in [4.78, 5) is 6.80. The second-order valence-corrected chi connectivity index (χ2v) is 5.69. The summed E-state index contributed by atoms with van der Waals surface area (Å²) < 4.78 is 5.38. The SMILES string of the molecule is Nc1cccc2c1CCCN2Cc1nc(C2CC2)no1. The molecule has 1 aromatic heterocycles. The van der Waals surface area contributed by atoms with E-state index in [-0.39, 0.29) is 0 Å². The summed E-state index contributed by atoms with van der Waals surface area (Å²) in [5.41, 5.74) is 9.42. The summed E-state index contributed by atoms with van der Waals surface area (Å²) in [5.74, 6) is 2.13. The fourth-order valence-electron chi connectivity index (χ4n) is 2.89. The van der Waals surface area contributed by atoms with E-state index < -0.39 is 0 Å². The molecular formula is C15H18N4O. The van der Waals surface area contributed by atoms with Crippen LogP contribution in [0.15, 0.2) is 22.7 Å². The molecule has 2 aromatic rings. The summed E-state index contributed by atoms with van der Waals surface area (Å²) in [7, 11) is 0. The maximum Gasteiger partial charge on any atom is 0.246 e. The summed E-state index contributed by atoms with van der Waals surface area (Å²) in [6.45, 7) is 1.69. The second-order valence-electron chi connectivity index (χ2n) is 5.69. The van der Waals surface area contributed by atoms with Gasteiger partial charge >= 0.3 is 0 Å². The van der Waals surface area contributed by atoms with Gasteiger partial charge in [0.25, 0.3) is 0 Å². The summed E-state index contributed by atoms with van der Waals surface area (Å²) in [5, 5.41) is 4.08. The first-order valence-corrected chi connectivity index (χ1v) is 7.26. The molecule has 1 saturated carbocycles. The molecule has 104 valence electrons. The number of hydrogen-bond acceptors (Lipinski definition) is 5. The van der Waals surface area contributed by atoms with Crippen molar-refractivity contribution in [1.82, 2.24) is 10.1 Å². The highest BCUT2D eigenvalue weighted by Crippen LogP contribution is 2.38. The fourth-order valence-corrected chi connectivity index (χ4v) is 2.89. The Morgan fingerprint density at radius 2 is 2.25 bits per heavy atom. The highest BCUT2D eigenvalue weighted by atomic mass is 16.5. The van der Waals surface area contributed by atoms with Gasteiger partial charge in [-0.3, -0.25) is 0 Å². The number of fused-ring (bicyclic) bond motifs is 1. The predicted molar refractivity (Wildman–Crippen MR) is 76.5 cm³/mol. The summed E-state index contributed by atoms with van der Waals surface area (Å²) in [6, 6.07) is 6.11. The number of benzene rings is 1. The first-order valence-electron chi connectivity index (χ1n) is 7.26. The first-order chi connectivity index (χ1) is 9.81. The highest BCUT2D eigenvalue weighted by Gasteiger charge is 2.29. The van der Waals surface area contributed by atoms with Crippen LogP contribution in [0.3, 0.4) is 0 Å². The lowest BCUT2D eigenvalue weighted by Gasteiger charge is -2.30. The van der Waals surface area contributed by atoms with Gasteiger partial charge in [0.1, 0.15) is 0 Å². The molecule has 1 fully saturated rings. The van der Waals surface area contributed by atoms with Crippen molar-refractivity contribution in [2.45, 2.75) is 38.1 Å². The molecule has 0 spiro atoms. The van der Waals surface area contributed by atoms with Crippen molar-refractivity contribution in [1.29, 1.82) is 0 Å². The van der Waals surface area contributed by atoms with Gasteiger partial charge in [0.2, 0.25) is 5.89 Å². The molecule has 0 saturated heterocycles. The third-order valence-electron chi connectivity index (χ3n) is 4.14. The standard InChI is InChI=1S/C15H18N4O/c16-12-4-1-5-13-11(12)3-2-8-19(13)9-14-17-15(18-20-14)10-6-7-10/h1,4-5,10H,2-3,6-9,16H2. The molecule has 20 heavy (non-hydrogen) atoms. The van der Waals surface area contributed by atoms with Gasteiger partial charge in [0.15, 0.2) is 5.82 Å². The van der Waals surface area contributed by atoms with Crippen LogP contribution in [0.2, 0.25) is 0 Å². The van der Waals surface area contributed by atoms with E-state index in [2.05, 4.69) is 21.1 Å². The Morgan fingerprint density at radius 3 is 3.10 bits per heavy atom. The van der Waals surface area contributed by atoms with E-state index in [1.165, 1.54) is 24.1 Å². The zero-order chi connectivity index (χ0) is 13.5. The fraction of sp³-hybridized carbons (Fsp3) is 0.467. The van der Waals surface area contributed by atoms with Gasteiger partial charge in [-0.2, -0.15) is 4.98 Å². The maximum atomic E-state index is 6.07. The van der Waals surface area contributed by atoms with Crippen LogP contribution >= 0.6 is 0 Å². The van der Waals surface area contributed by atoms with Crippen LogP contribution in [0.25, 0.3) is 0 Å². The molecule has 1 aromatic carbocycles. The normalized spacial score (nSPS) is 18.1. The second kappa shape index (κ2) is 4.51. The molecule has 0 unspecified atom stereocenters. The zero-order valence-corrected chi connectivity index (χ0v) is 11.4. The first kappa shape index (κ1) is 11.8. The number of hydrogen-bond donors (Lipinski definition) is 1. The molecule has 5 heteroatoms. The number of nitrogen functional groups attached to an aromatic ring is 1. The lowest BCUT2D eigenvalue weighted by atomic mass is 10.00. The van der Waals surface area contributed by atoms with Crippen molar-refractivity contribution < 1.29 is 4.52 Å². The van der Waals surface area contributed by atoms with E-state index in [1.807, 2.05) is 12.1 Å². The van der Waals surface area contributed by atoms with Gasteiger partial charge in [-0.25, -0.2) is 0 Å². The Morgan fingerprint density at radius 1 is 1.35 bits per heavy atom. The van der Waals surface area contributed by atoms with Gasteiger partial charge in [-0.05, 0) is 43.4 Å². The lowest BCUT2D eigenvalue weighted by Crippen LogP contribution is -2.29. The maximum absolute atomic E-state index is 6.07. The number of anilines is 2. The molecule has 0 radical (unpaired) electrons. The van der Waals surface area contributed by atoms with Crippen LogP contribution in [0.1, 0.15) is 42.5 Å². The van der Waals surface area contributed by atoms with E-state index in [0.717, 1.165) is 30.9 Å². The molecule has 4 rings (SSSR count). The Balaban J connectivity index is 1.58. The average Bonchev–Trinajstić information content (AvgIpc) is 3.21. The van der Waals surface area contributed by atoms with Crippen LogP contribution in [-0.4, -0.2) is 16.7 Å². The Bertz CT molecular complexity index is 633. The minimum Gasteiger partial charge on any atom is -0.398 e. The number of nitrogens with two attached hydrogens (primary N) is 1. The summed E-state index contributed by atoms with van der Waals surface area (Å²) >= 11 is 0. The van der Waals surface area contributed by atoms with E-state index in [1.54, 1.807) is 0 Å². The van der Waals surface area contributed by atoms with Crippen LogP contribution in [0, 0.1) is 0 Å². The average molecular weight is 270 g/mol. The van der Waals surface area contributed by atoms with Crippen molar-refractivity contribution in [3.8, 4) is 0 Å². The molecular weight excluding hydrogens is 252 g/mol. The van der Waals surface area contributed by atoms with Gasteiger partial charge in [-0.15, -0.1) is 0 Å². The van der Waals surface area contributed by atoms with Crippen molar-refractivity contribution in [3.05, 3.63) is 35.5 Å². The molecule has 0 atom stereocenters. The summed E-state index contributed by atoms with van der Waals surface area (Å²) in [6.07, 6.45) is 4.56. The molecule has 0 amide bonds. The molecule has 2 aliphatic rings. The lowest BCUT2D eigenvalue weighted by molar-refractivity contribution is 0.370. The van der Waals surface area contributed by atoms with Crippen LogP contribution in [0.5, 0.6) is 0 Å². The Labute approximate surface area is 117 Å². The third-order valence-corrected chi connectivity index (χ3v) is 4.14. The predicted octanol–water partition coefficient (Wildman–Crippen LogP) is 2.48. The van der Waals surface area contributed by atoms with Crippen LogP contribution < -0.4 is 10.6 Å². The molecule has 0 bridgehead atoms. The molecule has 2 heterocycles. The van der Waals surface area contributed by atoms with Crippen molar-refractivity contribution >= 4 is 11.4 Å². The Hall–Kier alpha value is -2.04. The van der Waals surface area contributed by atoms with Gasteiger partial charge in [-0.1, -0.05) is 11.2 Å². The molecule has 5 nitrogen and oxygen atoms in total. The van der Waals surface area contributed by atoms with Crippen molar-refractivity contribution in [2.24, 2.45) is 0 Å². The topological polar surface area (TPSA) is 68.2 Å². The quantitative estimate of drug-likeness (QED) is 0.868. The smallest absolute Gasteiger partial charge is 0.246 e. The van der Waals surface area contributed by atoms with Gasteiger partial charge < -0.3 is 15.2 Å². The number of rotatable bonds is 3. The van der Waals surface area contributed by atoms with E-state index in [0.29, 0.717) is 18.4 Å². The third kappa shape index (κ3) is 2.03. The van der Waals surface area contributed by atoms with Crippen molar-refractivity contribution in [2.75, 3.05) is 17.2 Å². The molecule has 1 aliphatic carbocycles. The minimum absolute atomic E-state index is 0.539. The van der Waals surface area contributed by atoms with E-state index in [4.69, 9.17) is 10.3 Å². The largest absolute Gasteiger partial charge is 0.398 e.